The summed E-state index contributed by atoms with van der Waals surface area (Å²) in [7, 11) is 8.56. The number of nitrogens with two attached hydrogens (primary N) is 1. The Morgan fingerprint density at radius 3 is 2.15 bits per heavy atom. The Kier molecular flexibility index (Phi) is 20.1. The molecule has 5 N–H and O–H groups in total. The fourth-order valence-electron chi connectivity index (χ4n) is 8.74. The van der Waals surface area contributed by atoms with E-state index in [4.69, 9.17) is 15.2 Å². The van der Waals surface area contributed by atoms with Crippen molar-refractivity contribution in [3.8, 4) is 0 Å². The molecule has 16 heteroatoms. The second-order valence-electron chi connectivity index (χ2n) is 17.7. The number of hydrogen-bond acceptors (Lipinski definition) is 10. The van der Waals surface area contributed by atoms with Crippen LogP contribution < -0.4 is 21.7 Å². The number of ether oxygens (including phenoxy) is 2. The fraction of sp³-hybridized carbons (Fsp3) is 0.733. The number of likely N-dealkylation sites (N-methyl/N-ethyl adjacent to an activating group) is 3. The summed E-state index contributed by atoms with van der Waals surface area (Å²) in [6.07, 6.45) is 3.24. The molecule has 10 atom stereocenters. The predicted molar refractivity (Wildman–Crippen MR) is 236 cm³/mol. The maximum Gasteiger partial charge on any atom is 0.246 e. The van der Waals surface area contributed by atoms with Crippen LogP contribution in [-0.4, -0.2) is 158 Å². The number of rotatable bonds is 22. The maximum absolute atomic E-state index is 14.3. The van der Waals surface area contributed by atoms with E-state index >= 15 is 0 Å². The average Bonchev–Trinajstić information content (AvgIpc) is 3.90. The molecule has 3 rings (SSSR count). The first-order valence-corrected chi connectivity index (χ1v) is 22.1. The first-order chi connectivity index (χ1) is 28.8. The van der Waals surface area contributed by atoms with Crippen molar-refractivity contribution in [3.63, 3.8) is 0 Å². The largest absolute Gasteiger partial charge is 0.379 e. The lowest BCUT2D eigenvalue weighted by molar-refractivity contribution is -0.149. The quantitative estimate of drug-likeness (QED) is 0.135. The van der Waals surface area contributed by atoms with E-state index in [0.29, 0.717) is 31.6 Å². The van der Waals surface area contributed by atoms with E-state index in [0.717, 1.165) is 37.8 Å². The van der Waals surface area contributed by atoms with Crippen molar-refractivity contribution in [3.05, 3.63) is 29.8 Å². The summed E-state index contributed by atoms with van der Waals surface area (Å²) >= 11 is 0. The molecule has 2 aliphatic rings. The van der Waals surface area contributed by atoms with Gasteiger partial charge < -0.3 is 45.9 Å². The zero-order chi connectivity index (χ0) is 45.7. The molecule has 16 nitrogen and oxygen atoms in total. The monoisotopic (exact) mass is 857 g/mol. The molecule has 0 radical (unpaired) electrons. The molecule has 6 amide bonds. The summed E-state index contributed by atoms with van der Waals surface area (Å²) < 4.78 is 12.1. The molecule has 0 saturated carbocycles. The minimum absolute atomic E-state index is 0.0184. The van der Waals surface area contributed by atoms with E-state index in [1.807, 2.05) is 69.7 Å². The van der Waals surface area contributed by atoms with Gasteiger partial charge >= 0.3 is 0 Å². The van der Waals surface area contributed by atoms with Crippen LogP contribution in [0.4, 0.5) is 5.69 Å². The molecule has 61 heavy (non-hydrogen) atoms. The van der Waals surface area contributed by atoms with Crippen LogP contribution in [0.25, 0.3) is 0 Å². The molecule has 344 valence electrons. The summed E-state index contributed by atoms with van der Waals surface area (Å²) in [5.41, 5.74) is 7.08. The Bertz CT molecular complexity index is 1640. The predicted octanol–water partition coefficient (Wildman–Crippen LogP) is 2.63. The number of anilines is 1. The van der Waals surface area contributed by atoms with Gasteiger partial charge in [0.1, 0.15) is 12.1 Å². The van der Waals surface area contributed by atoms with Crippen molar-refractivity contribution in [1.29, 1.82) is 0 Å². The molecule has 2 fully saturated rings. The summed E-state index contributed by atoms with van der Waals surface area (Å²) in [5, 5.41) is 8.46. The Morgan fingerprint density at radius 1 is 0.902 bits per heavy atom. The van der Waals surface area contributed by atoms with Crippen LogP contribution >= 0.6 is 0 Å². The number of likely N-dealkylation sites (tertiary alicyclic amines) is 2. The smallest absolute Gasteiger partial charge is 0.246 e. The van der Waals surface area contributed by atoms with E-state index in [1.165, 1.54) is 0 Å². The van der Waals surface area contributed by atoms with Crippen LogP contribution in [0.1, 0.15) is 92.6 Å². The van der Waals surface area contributed by atoms with Crippen LogP contribution in [-0.2, 0) is 44.7 Å². The highest BCUT2D eigenvalue weighted by atomic mass is 16.5. The van der Waals surface area contributed by atoms with Crippen molar-refractivity contribution in [2.75, 3.05) is 60.3 Å². The Labute approximate surface area is 364 Å². The maximum atomic E-state index is 14.3. The third-order valence-electron chi connectivity index (χ3n) is 12.8. The molecular weight excluding hydrogens is 781 g/mol. The Balaban J connectivity index is 1.68. The lowest BCUT2D eigenvalue weighted by atomic mass is 9.89. The second kappa shape index (κ2) is 23.9. The third kappa shape index (κ3) is 13.7. The lowest BCUT2D eigenvalue weighted by Crippen LogP contribution is -2.59. The zero-order valence-corrected chi connectivity index (χ0v) is 38.9. The lowest BCUT2D eigenvalue weighted by Gasteiger charge is -2.41. The molecular formula is C45H76N8O8. The highest BCUT2D eigenvalue weighted by molar-refractivity contribution is 5.97. The van der Waals surface area contributed by atoms with Gasteiger partial charge in [-0.3, -0.25) is 33.7 Å². The van der Waals surface area contributed by atoms with Crippen LogP contribution in [0.3, 0.4) is 0 Å². The van der Waals surface area contributed by atoms with E-state index in [1.54, 1.807) is 58.0 Å². The van der Waals surface area contributed by atoms with Gasteiger partial charge in [0, 0.05) is 47.1 Å². The van der Waals surface area contributed by atoms with Crippen molar-refractivity contribution in [2.24, 2.45) is 23.5 Å². The zero-order valence-electron chi connectivity index (χ0n) is 38.9. The number of hydrogen-bond donors (Lipinski definition) is 4. The van der Waals surface area contributed by atoms with Crippen LogP contribution in [0.2, 0.25) is 0 Å². The molecule has 0 spiro atoms. The van der Waals surface area contributed by atoms with Crippen molar-refractivity contribution >= 4 is 41.1 Å². The van der Waals surface area contributed by atoms with Gasteiger partial charge in [-0.2, -0.15) is 0 Å². The third-order valence-corrected chi connectivity index (χ3v) is 12.8. The summed E-state index contributed by atoms with van der Waals surface area (Å²) in [5.74, 6) is -2.14. The number of amides is 6. The Hall–Kier alpha value is -4.12. The SMILES string of the molecule is CC[C@H](C)[C@@H]([C@@H](CC(=O)N1CCC[C@H]1[C@H](OC)[C@@H](C)C(=O)N(C)CCc1cccc(NC(=O)[C@H](C)NC(=O)[C@H](C)N)c1)OC)N(C)C(=O)[C@@H](NC(=O)[C@H]1CCCN1C)C(C)C. The summed E-state index contributed by atoms with van der Waals surface area (Å²) in [6.45, 7) is 14.7. The fourth-order valence-corrected chi connectivity index (χ4v) is 8.74. The molecule has 0 aliphatic carbocycles. The molecule has 0 unspecified atom stereocenters. The molecule has 2 aliphatic heterocycles. The van der Waals surface area contributed by atoms with Gasteiger partial charge in [0.2, 0.25) is 35.4 Å². The number of carbonyl (C=O) groups is 6. The number of benzene rings is 1. The van der Waals surface area contributed by atoms with Crippen LogP contribution in [0.15, 0.2) is 24.3 Å². The normalized spacial score (nSPS) is 20.8. The number of nitrogens with zero attached hydrogens (tertiary/aromatic N) is 4. The van der Waals surface area contributed by atoms with Gasteiger partial charge in [-0.05, 0) is 89.1 Å². The van der Waals surface area contributed by atoms with Crippen LogP contribution in [0, 0.1) is 17.8 Å². The Morgan fingerprint density at radius 2 is 1.57 bits per heavy atom. The minimum atomic E-state index is -0.777. The second-order valence-corrected chi connectivity index (χ2v) is 17.7. The topological polar surface area (TPSA) is 196 Å². The van der Waals surface area contributed by atoms with Gasteiger partial charge in [-0.25, -0.2) is 0 Å². The molecule has 1 aromatic carbocycles. The van der Waals surface area contributed by atoms with Crippen molar-refractivity contribution in [1.82, 2.24) is 30.2 Å². The highest BCUT2D eigenvalue weighted by Gasteiger charge is 2.43. The molecule has 0 bridgehead atoms. The highest BCUT2D eigenvalue weighted by Crippen LogP contribution is 2.30. The van der Waals surface area contributed by atoms with Gasteiger partial charge in [-0.1, -0.05) is 53.2 Å². The van der Waals surface area contributed by atoms with Gasteiger partial charge in [0.05, 0.1) is 48.7 Å². The average molecular weight is 857 g/mol. The summed E-state index contributed by atoms with van der Waals surface area (Å²) in [6, 6.07) is 4.05. The van der Waals surface area contributed by atoms with Crippen molar-refractivity contribution in [2.45, 2.75) is 142 Å². The van der Waals surface area contributed by atoms with E-state index in [-0.39, 0.29) is 59.9 Å². The van der Waals surface area contributed by atoms with Crippen molar-refractivity contribution < 1.29 is 38.2 Å². The van der Waals surface area contributed by atoms with E-state index in [9.17, 15) is 28.8 Å². The first kappa shape index (κ1) is 51.2. The summed E-state index contributed by atoms with van der Waals surface area (Å²) in [4.78, 5) is 87.5. The van der Waals surface area contributed by atoms with E-state index < -0.39 is 48.2 Å². The molecule has 1 aromatic rings. The number of methoxy groups -OCH3 is 2. The molecule has 2 saturated heterocycles. The molecule has 2 heterocycles. The standard InChI is InChI=1S/C45H76N8O8/c1-13-28(4)39(52(10)45(59)38(27(2)3)49-43(57)35-20-15-22-50(35)8)36(60-11)26-37(54)53-23-16-19-34(53)40(61-12)29(5)44(58)51(9)24-21-32-17-14-18-33(25-32)48-42(56)31(7)47-41(55)30(6)46/h14,17-18,25,27-31,34-36,38-40H,13,15-16,19-24,26,46H2,1-12H3,(H,47,55)(H,48,56)(H,49,57)/t28-,29+,30-,31-,34-,35+,36+,38-,39-,40+/m0/s1. The van der Waals surface area contributed by atoms with E-state index in [2.05, 4.69) is 16.0 Å². The van der Waals surface area contributed by atoms with Gasteiger partial charge in [-0.15, -0.1) is 0 Å². The number of nitrogens with one attached hydrogen (secondary N) is 3. The minimum Gasteiger partial charge on any atom is -0.379 e. The molecule has 0 aromatic heterocycles. The number of carbonyl (C=O) groups excluding carboxylic acids is 6. The first-order valence-electron chi connectivity index (χ1n) is 22.1. The van der Waals surface area contributed by atoms with Crippen LogP contribution in [0.5, 0.6) is 0 Å². The van der Waals surface area contributed by atoms with Gasteiger partial charge in [0.25, 0.3) is 0 Å². The van der Waals surface area contributed by atoms with Gasteiger partial charge in [0.15, 0.2) is 0 Å².